The summed E-state index contributed by atoms with van der Waals surface area (Å²) in [6, 6.07) is 15.0. The smallest absolute Gasteiger partial charge is 0.261 e. The Balaban J connectivity index is 1.74. The Bertz CT molecular complexity index is 1230. The molecule has 0 fully saturated rings. The number of benzene rings is 3. The van der Waals surface area contributed by atoms with Gasteiger partial charge in [-0.25, -0.2) is 12.8 Å². The van der Waals surface area contributed by atoms with Crippen molar-refractivity contribution in [2.45, 2.75) is 11.8 Å². The molecule has 2 amide bonds. The number of carbonyl (C=O) groups excluding carboxylic acids is 2. The third kappa shape index (κ3) is 5.80. The number of hydrogen-bond donors (Lipinski definition) is 3. The average molecular weight is 462 g/mol. The van der Waals surface area contributed by atoms with Crippen LogP contribution in [0, 0.1) is 5.82 Å². The van der Waals surface area contributed by atoms with E-state index in [9.17, 15) is 22.4 Å². The van der Waals surface area contributed by atoms with Gasteiger partial charge in [0.1, 0.15) is 5.82 Å². The predicted molar refractivity (Wildman–Crippen MR) is 117 cm³/mol. The highest BCUT2D eigenvalue weighted by Crippen LogP contribution is 2.22. The van der Waals surface area contributed by atoms with Crippen LogP contribution < -0.4 is 15.4 Å². The fraction of sp³-hybridized carbons (Fsp3) is 0.0476. The molecule has 0 bridgehead atoms. The van der Waals surface area contributed by atoms with Crippen molar-refractivity contribution in [2.24, 2.45) is 0 Å². The second kappa shape index (κ2) is 9.15. The summed E-state index contributed by atoms with van der Waals surface area (Å²) in [5.74, 6) is -1.67. The molecule has 0 aliphatic carbocycles. The van der Waals surface area contributed by atoms with E-state index in [2.05, 4.69) is 15.4 Å². The molecule has 0 aliphatic rings. The molecular weight excluding hydrogens is 445 g/mol. The van der Waals surface area contributed by atoms with E-state index in [1.807, 2.05) is 0 Å². The van der Waals surface area contributed by atoms with Gasteiger partial charge < -0.3 is 10.6 Å². The van der Waals surface area contributed by atoms with E-state index in [-0.39, 0.29) is 22.1 Å². The molecule has 0 radical (unpaired) electrons. The van der Waals surface area contributed by atoms with E-state index >= 15 is 0 Å². The summed E-state index contributed by atoms with van der Waals surface area (Å²) >= 11 is 5.79. The van der Waals surface area contributed by atoms with E-state index in [0.717, 1.165) is 6.07 Å². The van der Waals surface area contributed by atoms with E-state index in [1.165, 1.54) is 55.5 Å². The van der Waals surface area contributed by atoms with Crippen molar-refractivity contribution >= 4 is 50.5 Å². The van der Waals surface area contributed by atoms with Crippen LogP contribution in [0.2, 0.25) is 5.02 Å². The van der Waals surface area contributed by atoms with Crippen LogP contribution in [0.5, 0.6) is 0 Å². The largest absolute Gasteiger partial charge is 0.326 e. The molecule has 31 heavy (non-hydrogen) atoms. The van der Waals surface area contributed by atoms with Gasteiger partial charge in [-0.1, -0.05) is 11.6 Å². The number of hydrogen-bond acceptors (Lipinski definition) is 4. The first-order chi connectivity index (χ1) is 14.6. The van der Waals surface area contributed by atoms with Gasteiger partial charge in [0.25, 0.3) is 15.9 Å². The minimum atomic E-state index is -3.88. The number of halogens is 2. The van der Waals surface area contributed by atoms with Gasteiger partial charge in [0.15, 0.2) is 0 Å². The standard InChI is InChI=1S/C21H17ClFN3O4S/c1-13(27)24-17-8-11-19(23)20(12-17)25-21(28)14-2-9-18(10-3-14)31(29,30)26-16-6-4-15(22)5-7-16/h2-12,26H,1H3,(H,24,27)(H,25,28). The molecule has 0 aromatic heterocycles. The zero-order valence-corrected chi connectivity index (χ0v) is 17.7. The van der Waals surface area contributed by atoms with Gasteiger partial charge in [-0.05, 0) is 66.7 Å². The topological polar surface area (TPSA) is 104 Å². The molecule has 3 aromatic rings. The van der Waals surface area contributed by atoms with E-state index < -0.39 is 21.7 Å². The first-order valence-corrected chi connectivity index (χ1v) is 10.8. The zero-order valence-electron chi connectivity index (χ0n) is 16.1. The summed E-state index contributed by atoms with van der Waals surface area (Å²) in [6.45, 7) is 1.30. The van der Waals surface area contributed by atoms with Gasteiger partial charge >= 0.3 is 0 Å². The molecule has 10 heteroatoms. The Hall–Kier alpha value is -3.43. The lowest BCUT2D eigenvalue weighted by molar-refractivity contribution is -0.114. The van der Waals surface area contributed by atoms with E-state index in [0.29, 0.717) is 16.4 Å². The molecule has 0 heterocycles. The zero-order chi connectivity index (χ0) is 22.6. The molecule has 0 aliphatic heterocycles. The minimum Gasteiger partial charge on any atom is -0.326 e. The van der Waals surface area contributed by atoms with Crippen LogP contribution in [0.3, 0.4) is 0 Å². The highest BCUT2D eigenvalue weighted by Gasteiger charge is 2.16. The third-order valence-corrected chi connectivity index (χ3v) is 5.71. The number of sulfonamides is 1. The Morgan fingerprint density at radius 1 is 0.871 bits per heavy atom. The second-order valence-electron chi connectivity index (χ2n) is 6.47. The lowest BCUT2D eigenvalue weighted by Gasteiger charge is -2.11. The van der Waals surface area contributed by atoms with Gasteiger partial charge in [0.2, 0.25) is 5.91 Å². The van der Waals surface area contributed by atoms with Crippen molar-refractivity contribution in [3.8, 4) is 0 Å². The van der Waals surface area contributed by atoms with Crippen LogP contribution in [0.25, 0.3) is 0 Å². The summed E-state index contributed by atoms with van der Waals surface area (Å²) in [5.41, 5.74) is 0.645. The van der Waals surface area contributed by atoms with Crippen molar-refractivity contribution < 1.29 is 22.4 Å². The van der Waals surface area contributed by atoms with Crippen LogP contribution in [0.1, 0.15) is 17.3 Å². The molecule has 3 N–H and O–H groups in total. The number of amides is 2. The maximum absolute atomic E-state index is 14.0. The van der Waals surface area contributed by atoms with Crippen molar-refractivity contribution in [3.63, 3.8) is 0 Å². The monoisotopic (exact) mass is 461 g/mol. The first-order valence-electron chi connectivity index (χ1n) is 8.91. The summed E-state index contributed by atoms with van der Waals surface area (Å²) in [4.78, 5) is 23.5. The molecule has 7 nitrogen and oxygen atoms in total. The van der Waals surface area contributed by atoms with Crippen molar-refractivity contribution in [1.82, 2.24) is 0 Å². The van der Waals surface area contributed by atoms with Crippen LogP contribution >= 0.6 is 11.6 Å². The number of nitrogens with one attached hydrogen (secondary N) is 3. The second-order valence-corrected chi connectivity index (χ2v) is 8.59. The molecule has 0 unspecified atom stereocenters. The van der Waals surface area contributed by atoms with Gasteiger partial charge in [0.05, 0.1) is 10.6 Å². The lowest BCUT2D eigenvalue weighted by Crippen LogP contribution is -2.15. The number of rotatable bonds is 6. The van der Waals surface area contributed by atoms with Crippen LogP contribution in [0.15, 0.2) is 71.6 Å². The Labute approximate surface area is 183 Å². The highest BCUT2D eigenvalue weighted by molar-refractivity contribution is 7.92. The molecule has 0 saturated carbocycles. The van der Waals surface area contributed by atoms with Crippen molar-refractivity contribution in [2.75, 3.05) is 15.4 Å². The van der Waals surface area contributed by atoms with Gasteiger partial charge in [-0.2, -0.15) is 0 Å². The number of carbonyl (C=O) groups is 2. The molecule has 0 saturated heterocycles. The highest BCUT2D eigenvalue weighted by atomic mass is 35.5. The maximum atomic E-state index is 14.0. The maximum Gasteiger partial charge on any atom is 0.261 e. The Morgan fingerprint density at radius 2 is 1.48 bits per heavy atom. The van der Waals surface area contributed by atoms with Gasteiger partial charge in [-0.3, -0.25) is 14.3 Å². The molecule has 3 aromatic carbocycles. The van der Waals surface area contributed by atoms with Crippen LogP contribution in [0.4, 0.5) is 21.5 Å². The van der Waals surface area contributed by atoms with Crippen molar-refractivity contribution in [3.05, 3.63) is 83.1 Å². The summed E-state index contributed by atoms with van der Waals surface area (Å²) in [6.07, 6.45) is 0. The van der Waals surface area contributed by atoms with Gasteiger partial charge in [0, 0.05) is 28.9 Å². The molecule has 3 rings (SSSR count). The minimum absolute atomic E-state index is 0.0576. The Morgan fingerprint density at radius 3 is 2.10 bits per heavy atom. The fourth-order valence-corrected chi connectivity index (χ4v) is 3.80. The predicted octanol–water partition coefficient (Wildman–Crippen LogP) is 4.49. The van der Waals surface area contributed by atoms with Gasteiger partial charge in [-0.15, -0.1) is 0 Å². The summed E-state index contributed by atoms with van der Waals surface area (Å²) in [7, 11) is -3.88. The van der Waals surface area contributed by atoms with E-state index in [1.54, 1.807) is 12.1 Å². The first kappa shape index (κ1) is 22.3. The molecule has 160 valence electrons. The fourth-order valence-electron chi connectivity index (χ4n) is 2.61. The lowest BCUT2D eigenvalue weighted by atomic mass is 10.2. The Kier molecular flexibility index (Phi) is 6.57. The average Bonchev–Trinajstić information content (AvgIpc) is 2.72. The number of anilines is 3. The molecular formula is C21H17ClFN3O4S. The molecule has 0 atom stereocenters. The van der Waals surface area contributed by atoms with Crippen molar-refractivity contribution in [1.29, 1.82) is 0 Å². The third-order valence-electron chi connectivity index (χ3n) is 4.06. The quantitative estimate of drug-likeness (QED) is 0.503. The SMILES string of the molecule is CC(=O)Nc1ccc(F)c(NC(=O)c2ccc(S(=O)(=O)Nc3ccc(Cl)cc3)cc2)c1. The summed E-state index contributed by atoms with van der Waals surface area (Å²) < 4.78 is 41.4. The van der Waals surface area contributed by atoms with E-state index in [4.69, 9.17) is 11.6 Å². The summed E-state index contributed by atoms with van der Waals surface area (Å²) in [5, 5.41) is 5.37. The van der Waals surface area contributed by atoms with Crippen LogP contribution in [-0.4, -0.2) is 20.2 Å². The van der Waals surface area contributed by atoms with Crippen LogP contribution in [-0.2, 0) is 14.8 Å². The normalized spacial score (nSPS) is 10.9. The molecule has 0 spiro atoms.